The van der Waals surface area contributed by atoms with Crippen LogP contribution in [0.4, 0.5) is 0 Å². The SMILES string of the molecule is C#CCC1c2cc(OCC(=O)O)c(Cl)c(Cl)c2C2=CC(=O)CCC21. The van der Waals surface area contributed by atoms with Gasteiger partial charge in [0.25, 0.3) is 0 Å². The zero-order valence-electron chi connectivity index (χ0n) is 12.6. The molecular weight excluding hydrogens is 351 g/mol. The number of terminal acetylenes is 1. The summed E-state index contributed by atoms with van der Waals surface area (Å²) in [6.07, 6.45) is 8.84. The van der Waals surface area contributed by atoms with E-state index in [1.54, 1.807) is 12.1 Å². The fourth-order valence-electron chi connectivity index (χ4n) is 3.53. The highest BCUT2D eigenvalue weighted by atomic mass is 35.5. The zero-order chi connectivity index (χ0) is 17.4. The van der Waals surface area contributed by atoms with Gasteiger partial charge < -0.3 is 9.84 Å². The maximum Gasteiger partial charge on any atom is 0.341 e. The fourth-order valence-corrected chi connectivity index (χ4v) is 4.04. The second-order valence-corrected chi connectivity index (χ2v) is 6.63. The summed E-state index contributed by atoms with van der Waals surface area (Å²) in [6.45, 7) is -0.515. The predicted octanol–water partition coefficient (Wildman–Crippen LogP) is 3.94. The third-order valence-corrected chi connectivity index (χ3v) is 5.33. The van der Waals surface area contributed by atoms with Crippen LogP contribution in [0.1, 0.15) is 36.3 Å². The standard InChI is InChI=1S/C18H14Cl2O4/c1-2-3-10-11-5-4-9(21)6-12(11)16-13(10)7-14(17(19)18(16)20)24-8-15(22)23/h1,6-7,10-11H,3-5,8H2,(H,22,23). The van der Waals surface area contributed by atoms with E-state index in [-0.39, 0.29) is 33.4 Å². The van der Waals surface area contributed by atoms with Crippen LogP contribution >= 0.6 is 23.2 Å². The Kier molecular flexibility index (Phi) is 4.58. The van der Waals surface area contributed by atoms with Crippen LogP contribution in [0.3, 0.4) is 0 Å². The van der Waals surface area contributed by atoms with E-state index in [0.29, 0.717) is 19.3 Å². The van der Waals surface area contributed by atoms with Crippen molar-refractivity contribution in [2.75, 3.05) is 6.61 Å². The van der Waals surface area contributed by atoms with Crippen molar-refractivity contribution >= 4 is 40.5 Å². The topological polar surface area (TPSA) is 63.6 Å². The number of halogens is 2. The third kappa shape index (κ3) is 2.79. The van der Waals surface area contributed by atoms with Crippen molar-refractivity contribution in [1.82, 2.24) is 0 Å². The van der Waals surface area contributed by atoms with Gasteiger partial charge in [0.15, 0.2) is 12.4 Å². The number of rotatable bonds is 4. The van der Waals surface area contributed by atoms with Crippen molar-refractivity contribution < 1.29 is 19.4 Å². The lowest BCUT2D eigenvalue weighted by Gasteiger charge is -2.22. The number of ether oxygens (including phenoxy) is 1. The molecule has 0 saturated carbocycles. The lowest BCUT2D eigenvalue weighted by Crippen LogP contribution is -2.14. The molecule has 0 fully saturated rings. The Bertz CT molecular complexity index is 804. The Balaban J connectivity index is 2.14. The normalized spacial score (nSPS) is 21.5. The van der Waals surface area contributed by atoms with Crippen LogP contribution < -0.4 is 4.74 Å². The molecule has 0 amide bonds. The monoisotopic (exact) mass is 364 g/mol. The summed E-state index contributed by atoms with van der Waals surface area (Å²) in [5, 5.41) is 9.21. The summed E-state index contributed by atoms with van der Waals surface area (Å²) >= 11 is 12.7. The van der Waals surface area contributed by atoms with Crippen LogP contribution in [-0.4, -0.2) is 23.5 Å². The van der Waals surface area contributed by atoms with Crippen molar-refractivity contribution in [1.29, 1.82) is 0 Å². The van der Waals surface area contributed by atoms with Crippen molar-refractivity contribution in [2.45, 2.75) is 25.2 Å². The van der Waals surface area contributed by atoms with Crippen molar-refractivity contribution in [3.05, 3.63) is 33.3 Å². The van der Waals surface area contributed by atoms with Gasteiger partial charge in [-0.3, -0.25) is 4.79 Å². The maximum atomic E-state index is 11.8. The highest BCUT2D eigenvalue weighted by molar-refractivity contribution is 6.44. The average Bonchev–Trinajstić information content (AvgIpc) is 2.83. The highest BCUT2D eigenvalue weighted by Gasteiger charge is 2.41. The van der Waals surface area contributed by atoms with Gasteiger partial charge in [0.05, 0.1) is 5.02 Å². The smallest absolute Gasteiger partial charge is 0.341 e. The van der Waals surface area contributed by atoms with Gasteiger partial charge in [-0.25, -0.2) is 4.79 Å². The number of hydrogen-bond donors (Lipinski definition) is 1. The maximum absolute atomic E-state index is 11.8. The van der Waals surface area contributed by atoms with Gasteiger partial charge in [0, 0.05) is 24.3 Å². The second kappa shape index (κ2) is 6.51. The van der Waals surface area contributed by atoms with E-state index in [4.69, 9.17) is 39.5 Å². The van der Waals surface area contributed by atoms with Crippen LogP contribution in [0.25, 0.3) is 5.57 Å². The molecule has 1 N–H and O–H groups in total. The number of aliphatic carboxylic acids is 1. The van der Waals surface area contributed by atoms with Crippen LogP contribution in [0.15, 0.2) is 12.1 Å². The van der Waals surface area contributed by atoms with Gasteiger partial charge in [-0.2, -0.15) is 0 Å². The first-order valence-electron chi connectivity index (χ1n) is 7.48. The van der Waals surface area contributed by atoms with Crippen LogP contribution in [0.2, 0.25) is 10.0 Å². The van der Waals surface area contributed by atoms with E-state index in [1.165, 1.54) is 0 Å². The van der Waals surface area contributed by atoms with E-state index in [2.05, 4.69) is 5.92 Å². The lowest BCUT2D eigenvalue weighted by molar-refractivity contribution is -0.139. The van der Waals surface area contributed by atoms with Crippen LogP contribution in [0.5, 0.6) is 5.75 Å². The number of fused-ring (bicyclic) bond motifs is 3. The van der Waals surface area contributed by atoms with E-state index in [1.807, 2.05) is 0 Å². The van der Waals surface area contributed by atoms with Crippen molar-refractivity contribution in [2.24, 2.45) is 5.92 Å². The number of hydrogen-bond acceptors (Lipinski definition) is 3. The number of carbonyl (C=O) groups is 2. The predicted molar refractivity (Wildman–Crippen MR) is 91.5 cm³/mol. The number of allylic oxidation sites excluding steroid dienone is 2. The molecule has 1 aromatic rings. The summed E-state index contributed by atoms with van der Waals surface area (Å²) in [5.41, 5.74) is 2.48. The second-order valence-electron chi connectivity index (χ2n) is 5.88. The van der Waals surface area contributed by atoms with Gasteiger partial charge in [0.2, 0.25) is 0 Å². The Morgan fingerprint density at radius 1 is 1.42 bits per heavy atom. The molecule has 0 radical (unpaired) electrons. The van der Waals surface area contributed by atoms with Crippen LogP contribution in [-0.2, 0) is 9.59 Å². The Hall–Kier alpha value is -1.96. The molecule has 2 atom stereocenters. The Morgan fingerprint density at radius 3 is 2.83 bits per heavy atom. The molecule has 124 valence electrons. The molecule has 0 spiro atoms. The summed E-state index contributed by atoms with van der Waals surface area (Å²) in [7, 11) is 0. The molecule has 3 rings (SSSR count). The molecular formula is C18H14Cl2O4. The first-order chi connectivity index (χ1) is 11.4. The van der Waals surface area contributed by atoms with E-state index < -0.39 is 12.6 Å². The fraction of sp³-hybridized carbons (Fsp3) is 0.333. The number of carboxylic acid groups (broad SMARTS) is 1. The molecule has 0 saturated heterocycles. The third-order valence-electron chi connectivity index (χ3n) is 4.48. The quantitative estimate of drug-likeness (QED) is 0.821. The molecule has 0 heterocycles. The first-order valence-corrected chi connectivity index (χ1v) is 8.24. The number of benzene rings is 1. The molecule has 6 heteroatoms. The van der Waals surface area contributed by atoms with Gasteiger partial charge in [-0.05, 0) is 35.6 Å². The molecule has 1 aromatic carbocycles. The first kappa shape index (κ1) is 16.9. The molecule has 0 aromatic heterocycles. The molecule has 2 aliphatic rings. The number of carbonyl (C=O) groups excluding carboxylic acids is 1. The largest absolute Gasteiger partial charge is 0.480 e. The Morgan fingerprint density at radius 2 is 2.17 bits per heavy atom. The van der Waals surface area contributed by atoms with Gasteiger partial charge in [-0.15, -0.1) is 12.3 Å². The van der Waals surface area contributed by atoms with E-state index in [0.717, 1.165) is 16.7 Å². The minimum Gasteiger partial charge on any atom is -0.480 e. The van der Waals surface area contributed by atoms with Gasteiger partial charge >= 0.3 is 5.97 Å². The molecule has 2 unspecified atom stereocenters. The number of ketones is 1. The lowest BCUT2D eigenvalue weighted by atomic mass is 9.81. The average molecular weight is 365 g/mol. The Labute approximate surface area is 149 Å². The zero-order valence-corrected chi connectivity index (χ0v) is 14.2. The molecule has 2 aliphatic carbocycles. The minimum atomic E-state index is -1.11. The van der Waals surface area contributed by atoms with Gasteiger partial charge in [-0.1, -0.05) is 23.2 Å². The number of carboxylic acids is 1. The minimum absolute atomic E-state index is 0.0197. The van der Waals surface area contributed by atoms with E-state index in [9.17, 15) is 9.59 Å². The highest BCUT2D eigenvalue weighted by Crippen LogP contribution is 2.56. The molecule has 4 nitrogen and oxygen atoms in total. The van der Waals surface area contributed by atoms with Crippen molar-refractivity contribution in [3.63, 3.8) is 0 Å². The van der Waals surface area contributed by atoms with E-state index >= 15 is 0 Å². The molecule has 0 aliphatic heterocycles. The van der Waals surface area contributed by atoms with Crippen molar-refractivity contribution in [3.8, 4) is 18.1 Å². The summed E-state index contributed by atoms with van der Waals surface area (Å²) < 4.78 is 5.25. The molecule has 0 bridgehead atoms. The van der Waals surface area contributed by atoms with Gasteiger partial charge in [0.1, 0.15) is 10.8 Å². The molecule has 24 heavy (non-hydrogen) atoms. The summed E-state index contributed by atoms with van der Waals surface area (Å²) in [4.78, 5) is 22.6. The van der Waals surface area contributed by atoms with Crippen LogP contribution in [0, 0.1) is 18.3 Å². The summed E-state index contributed by atoms with van der Waals surface area (Å²) in [5.74, 6) is 1.99. The summed E-state index contributed by atoms with van der Waals surface area (Å²) in [6, 6.07) is 1.71.